The molecule has 0 spiro atoms. The van der Waals surface area contributed by atoms with Crippen LogP contribution in [0.15, 0.2) is 29.2 Å². The van der Waals surface area contributed by atoms with Crippen LogP contribution in [0.25, 0.3) is 0 Å². The van der Waals surface area contributed by atoms with Crippen LogP contribution in [0.1, 0.15) is 20.3 Å². The van der Waals surface area contributed by atoms with Crippen LogP contribution < -0.4 is 4.72 Å². The van der Waals surface area contributed by atoms with E-state index < -0.39 is 21.4 Å². The first-order chi connectivity index (χ1) is 7.77. The molecule has 17 heavy (non-hydrogen) atoms. The maximum absolute atomic E-state index is 12.7. The van der Waals surface area contributed by atoms with Crippen LogP contribution in [0, 0.1) is 5.82 Å². The predicted octanol–water partition coefficient (Wildman–Crippen LogP) is 2.51. The molecule has 0 aliphatic rings. The third-order valence-corrected chi connectivity index (χ3v) is 4.16. The van der Waals surface area contributed by atoms with E-state index in [0.717, 1.165) is 12.1 Å². The van der Waals surface area contributed by atoms with Crippen molar-refractivity contribution in [3.63, 3.8) is 0 Å². The van der Waals surface area contributed by atoms with Gasteiger partial charge in [0.2, 0.25) is 10.0 Å². The van der Waals surface area contributed by atoms with Gasteiger partial charge in [0.15, 0.2) is 0 Å². The second kappa shape index (κ2) is 5.33. The van der Waals surface area contributed by atoms with E-state index in [0.29, 0.717) is 12.3 Å². The van der Waals surface area contributed by atoms with Crippen LogP contribution in [0.2, 0.25) is 0 Å². The van der Waals surface area contributed by atoms with E-state index in [2.05, 4.69) is 4.72 Å². The molecule has 0 aliphatic carbocycles. The Morgan fingerprint density at radius 3 is 2.29 bits per heavy atom. The van der Waals surface area contributed by atoms with Crippen LogP contribution in [0.5, 0.6) is 0 Å². The van der Waals surface area contributed by atoms with E-state index in [-0.39, 0.29) is 4.90 Å². The number of hydrogen-bond acceptors (Lipinski definition) is 2. The molecule has 1 N–H and O–H groups in total. The Hall–Kier alpha value is -0.650. The molecule has 3 nitrogen and oxygen atoms in total. The summed E-state index contributed by atoms with van der Waals surface area (Å²) >= 11 is 5.60. The zero-order valence-corrected chi connectivity index (χ0v) is 11.3. The number of hydrogen-bond donors (Lipinski definition) is 1. The van der Waals surface area contributed by atoms with Crippen molar-refractivity contribution in [1.82, 2.24) is 4.72 Å². The Labute approximate surface area is 106 Å². The van der Waals surface area contributed by atoms with Gasteiger partial charge in [-0.2, -0.15) is 0 Å². The minimum absolute atomic E-state index is 0.0431. The lowest BCUT2D eigenvalue weighted by Gasteiger charge is -2.24. The van der Waals surface area contributed by atoms with Crippen LogP contribution in [0.4, 0.5) is 4.39 Å². The predicted molar refractivity (Wildman–Crippen MR) is 66.1 cm³/mol. The lowest BCUT2D eigenvalue weighted by atomic mass is 10.0. The Kier molecular flexibility index (Phi) is 4.52. The maximum atomic E-state index is 12.7. The van der Waals surface area contributed by atoms with Crippen molar-refractivity contribution >= 4 is 21.6 Å². The summed E-state index contributed by atoms with van der Waals surface area (Å²) in [5.41, 5.74) is -0.630. The highest BCUT2D eigenvalue weighted by molar-refractivity contribution is 7.89. The zero-order valence-electron chi connectivity index (χ0n) is 9.70. The number of alkyl halides is 1. The van der Waals surface area contributed by atoms with Gasteiger partial charge in [-0.25, -0.2) is 17.5 Å². The van der Waals surface area contributed by atoms with Gasteiger partial charge in [0.25, 0.3) is 0 Å². The largest absolute Gasteiger partial charge is 0.241 e. The molecule has 0 fully saturated rings. The Bertz CT molecular complexity index is 471. The Morgan fingerprint density at radius 2 is 1.82 bits per heavy atom. The second-order valence-electron chi connectivity index (χ2n) is 4.38. The topological polar surface area (TPSA) is 46.2 Å². The summed E-state index contributed by atoms with van der Waals surface area (Å²) in [5, 5.41) is 0. The molecular weight excluding hydrogens is 265 g/mol. The smallest absolute Gasteiger partial charge is 0.207 e. The van der Waals surface area contributed by atoms with Crippen molar-refractivity contribution in [2.45, 2.75) is 30.7 Å². The lowest BCUT2D eigenvalue weighted by Crippen LogP contribution is -2.43. The Morgan fingerprint density at radius 1 is 1.29 bits per heavy atom. The van der Waals surface area contributed by atoms with Gasteiger partial charge >= 0.3 is 0 Å². The normalized spacial score (nSPS) is 12.7. The van der Waals surface area contributed by atoms with Crippen LogP contribution >= 0.6 is 11.6 Å². The van der Waals surface area contributed by atoms with Crippen molar-refractivity contribution in [1.29, 1.82) is 0 Å². The third-order valence-electron chi connectivity index (χ3n) is 2.25. The molecule has 1 aromatic rings. The zero-order chi connectivity index (χ0) is 13.1. The standard InChI is InChI=1S/C11H15ClFNO2S/c1-11(2,7-8-12)14-17(15,16)10-5-3-9(13)4-6-10/h3-6,14H,7-8H2,1-2H3. The van der Waals surface area contributed by atoms with Gasteiger partial charge in [-0.3, -0.25) is 0 Å². The number of sulfonamides is 1. The summed E-state index contributed by atoms with van der Waals surface area (Å²) in [6.45, 7) is 3.49. The first kappa shape index (κ1) is 14.4. The van der Waals surface area contributed by atoms with Crippen molar-refractivity contribution in [3.8, 4) is 0 Å². The minimum atomic E-state index is -3.63. The molecule has 6 heteroatoms. The van der Waals surface area contributed by atoms with Crippen LogP contribution in [-0.2, 0) is 10.0 Å². The average Bonchev–Trinajstić information content (AvgIpc) is 2.16. The summed E-state index contributed by atoms with van der Waals surface area (Å²) in [6.07, 6.45) is 0.509. The minimum Gasteiger partial charge on any atom is -0.207 e. The summed E-state index contributed by atoms with van der Waals surface area (Å²) in [4.78, 5) is 0.0431. The van der Waals surface area contributed by atoms with Crippen LogP contribution in [0.3, 0.4) is 0 Å². The van der Waals surface area contributed by atoms with E-state index in [4.69, 9.17) is 11.6 Å². The fourth-order valence-electron chi connectivity index (χ4n) is 1.32. The van der Waals surface area contributed by atoms with Gasteiger partial charge in [0.1, 0.15) is 5.82 Å². The molecular formula is C11H15ClFNO2S. The van der Waals surface area contributed by atoms with E-state index in [1.807, 2.05) is 0 Å². The molecule has 0 radical (unpaired) electrons. The van der Waals surface area contributed by atoms with Gasteiger partial charge in [0.05, 0.1) is 4.90 Å². The fourth-order valence-corrected chi connectivity index (χ4v) is 3.24. The Balaban J connectivity index is 2.93. The molecule has 1 aromatic carbocycles. The van der Waals surface area contributed by atoms with Gasteiger partial charge in [-0.05, 0) is 44.5 Å². The first-order valence-electron chi connectivity index (χ1n) is 5.12. The third kappa shape index (κ3) is 4.26. The molecule has 96 valence electrons. The molecule has 0 bridgehead atoms. The summed E-state index contributed by atoms with van der Waals surface area (Å²) < 4.78 is 39.1. The first-order valence-corrected chi connectivity index (χ1v) is 7.14. The van der Waals surface area contributed by atoms with Crippen molar-refractivity contribution in [2.24, 2.45) is 0 Å². The summed E-state index contributed by atoms with van der Waals surface area (Å²) in [6, 6.07) is 4.69. The fraction of sp³-hybridized carbons (Fsp3) is 0.455. The molecule has 0 saturated carbocycles. The lowest BCUT2D eigenvalue weighted by molar-refractivity contribution is 0.441. The SMILES string of the molecule is CC(C)(CCCl)NS(=O)(=O)c1ccc(F)cc1. The number of benzene rings is 1. The number of rotatable bonds is 5. The van der Waals surface area contributed by atoms with E-state index >= 15 is 0 Å². The van der Waals surface area contributed by atoms with Crippen LogP contribution in [-0.4, -0.2) is 19.8 Å². The van der Waals surface area contributed by atoms with E-state index in [9.17, 15) is 12.8 Å². The molecule has 0 atom stereocenters. The highest BCUT2D eigenvalue weighted by Crippen LogP contribution is 2.16. The van der Waals surface area contributed by atoms with Crippen molar-refractivity contribution < 1.29 is 12.8 Å². The average molecular weight is 280 g/mol. The second-order valence-corrected chi connectivity index (χ2v) is 6.44. The maximum Gasteiger partial charge on any atom is 0.241 e. The molecule has 0 aromatic heterocycles. The quantitative estimate of drug-likeness (QED) is 0.842. The van der Waals surface area contributed by atoms with Crippen molar-refractivity contribution in [2.75, 3.05) is 5.88 Å². The number of halogens is 2. The number of nitrogens with one attached hydrogen (secondary N) is 1. The summed E-state index contributed by atoms with van der Waals surface area (Å²) in [7, 11) is -3.63. The van der Waals surface area contributed by atoms with E-state index in [1.54, 1.807) is 13.8 Å². The molecule has 0 amide bonds. The molecule has 1 rings (SSSR count). The highest BCUT2D eigenvalue weighted by Gasteiger charge is 2.25. The molecule has 0 unspecified atom stereocenters. The van der Waals surface area contributed by atoms with Gasteiger partial charge < -0.3 is 0 Å². The molecule has 0 heterocycles. The summed E-state index contributed by atoms with van der Waals surface area (Å²) in [5.74, 6) is -0.108. The van der Waals surface area contributed by atoms with Gasteiger partial charge in [-0.15, -0.1) is 11.6 Å². The van der Waals surface area contributed by atoms with Crippen molar-refractivity contribution in [3.05, 3.63) is 30.1 Å². The monoisotopic (exact) mass is 279 g/mol. The molecule has 0 aliphatic heterocycles. The highest BCUT2D eigenvalue weighted by atomic mass is 35.5. The van der Waals surface area contributed by atoms with Gasteiger partial charge in [-0.1, -0.05) is 0 Å². The van der Waals surface area contributed by atoms with Gasteiger partial charge in [0, 0.05) is 11.4 Å². The van der Waals surface area contributed by atoms with E-state index in [1.165, 1.54) is 12.1 Å². The molecule has 0 saturated heterocycles.